The monoisotopic (exact) mass is 354 g/mol. The Labute approximate surface area is 152 Å². The first-order valence-corrected chi connectivity index (χ1v) is 8.33. The zero-order chi connectivity index (χ0) is 17.5. The predicted molar refractivity (Wildman–Crippen MR) is 102 cm³/mol. The van der Waals surface area contributed by atoms with E-state index in [4.69, 9.17) is 16.3 Å². The van der Waals surface area contributed by atoms with Gasteiger partial charge in [-0.25, -0.2) is 9.97 Å². The number of rotatable bonds is 7. The molecule has 3 aromatic rings. The van der Waals surface area contributed by atoms with Gasteiger partial charge in [0.05, 0.1) is 12.8 Å². The van der Waals surface area contributed by atoms with Crippen molar-refractivity contribution in [2.24, 2.45) is 0 Å². The summed E-state index contributed by atoms with van der Waals surface area (Å²) in [6, 6.07) is 17.4. The van der Waals surface area contributed by atoms with Gasteiger partial charge < -0.3 is 15.4 Å². The number of nitrogens with one attached hydrogen (secondary N) is 2. The van der Waals surface area contributed by atoms with Gasteiger partial charge in [-0.2, -0.15) is 0 Å². The summed E-state index contributed by atoms with van der Waals surface area (Å²) in [5, 5.41) is 7.30. The number of ether oxygens (including phenoxy) is 1. The molecular weight excluding hydrogens is 336 g/mol. The summed E-state index contributed by atoms with van der Waals surface area (Å²) in [5.41, 5.74) is 2.04. The average molecular weight is 355 g/mol. The highest BCUT2D eigenvalue weighted by Crippen LogP contribution is 2.26. The van der Waals surface area contributed by atoms with Crippen LogP contribution in [0.25, 0.3) is 0 Å². The van der Waals surface area contributed by atoms with Crippen molar-refractivity contribution in [1.29, 1.82) is 0 Å². The lowest BCUT2D eigenvalue weighted by Crippen LogP contribution is -2.07. The normalized spacial score (nSPS) is 10.3. The minimum absolute atomic E-state index is 0.699. The van der Waals surface area contributed by atoms with Crippen molar-refractivity contribution in [2.45, 2.75) is 6.42 Å². The van der Waals surface area contributed by atoms with E-state index in [-0.39, 0.29) is 0 Å². The van der Waals surface area contributed by atoms with Crippen molar-refractivity contribution in [3.8, 4) is 5.75 Å². The molecule has 0 saturated heterocycles. The van der Waals surface area contributed by atoms with Crippen LogP contribution >= 0.6 is 11.6 Å². The summed E-state index contributed by atoms with van der Waals surface area (Å²) in [4.78, 5) is 8.51. The Hall–Kier alpha value is -2.79. The third kappa shape index (κ3) is 4.84. The first-order valence-electron chi connectivity index (χ1n) is 7.95. The second kappa shape index (κ2) is 8.35. The van der Waals surface area contributed by atoms with Crippen LogP contribution in [0.2, 0.25) is 5.02 Å². The Balaban J connectivity index is 1.61. The maximum atomic E-state index is 6.00. The number of nitrogens with zero attached hydrogens (tertiary/aromatic N) is 2. The molecule has 0 fully saturated rings. The molecule has 0 radical (unpaired) electrons. The van der Waals surface area contributed by atoms with Gasteiger partial charge in [-0.05, 0) is 36.2 Å². The summed E-state index contributed by atoms with van der Waals surface area (Å²) in [7, 11) is 1.64. The van der Waals surface area contributed by atoms with E-state index in [0.717, 1.165) is 35.2 Å². The van der Waals surface area contributed by atoms with Crippen molar-refractivity contribution in [1.82, 2.24) is 9.97 Å². The summed E-state index contributed by atoms with van der Waals surface area (Å²) in [6.07, 6.45) is 2.39. The molecule has 2 aromatic carbocycles. The van der Waals surface area contributed by atoms with Crippen molar-refractivity contribution < 1.29 is 4.74 Å². The fraction of sp³-hybridized carbons (Fsp3) is 0.158. The van der Waals surface area contributed by atoms with E-state index < -0.39 is 0 Å². The Morgan fingerprint density at radius 3 is 2.68 bits per heavy atom. The van der Waals surface area contributed by atoms with Gasteiger partial charge in [0.25, 0.3) is 0 Å². The van der Waals surface area contributed by atoms with Crippen molar-refractivity contribution in [2.75, 3.05) is 24.3 Å². The maximum absolute atomic E-state index is 6.00. The lowest BCUT2D eigenvalue weighted by molar-refractivity contribution is 0.417. The zero-order valence-electron chi connectivity index (χ0n) is 13.9. The second-order valence-corrected chi connectivity index (χ2v) is 5.86. The number of methoxy groups -OCH3 is 1. The zero-order valence-corrected chi connectivity index (χ0v) is 14.6. The molecular formula is C19H19ClN4O. The summed E-state index contributed by atoms with van der Waals surface area (Å²) < 4.78 is 5.34. The van der Waals surface area contributed by atoms with Crippen LogP contribution in [0, 0.1) is 0 Å². The van der Waals surface area contributed by atoms with E-state index in [1.807, 2.05) is 48.5 Å². The lowest BCUT2D eigenvalue weighted by Gasteiger charge is -2.11. The molecule has 128 valence electrons. The average Bonchev–Trinajstić information content (AvgIpc) is 2.63. The number of hydrogen-bond donors (Lipinski definition) is 2. The first-order chi connectivity index (χ1) is 12.2. The van der Waals surface area contributed by atoms with E-state index >= 15 is 0 Å². The quantitative estimate of drug-likeness (QED) is 0.652. The first kappa shape index (κ1) is 17.0. The van der Waals surface area contributed by atoms with E-state index in [1.165, 1.54) is 11.9 Å². The molecule has 0 unspecified atom stereocenters. The van der Waals surface area contributed by atoms with Crippen LogP contribution in [0.3, 0.4) is 0 Å². The molecule has 3 rings (SSSR count). The Kier molecular flexibility index (Phi) is 5.69. The number of anilines is 3. The second-order valence-electron chi connectivity index (χ2n) is 5.42. The van der Waals surface area contributed by atoms with Gasteiger partial charge in [-0.3, -0.25) is 0 Å². The summed E-state index contributed by atoms with van der Waals surface area (Å²) in [6.45, 7) is 0.755. The van der Waals surface area contributed by atoms with E-state index in [2.05, 4.69) is 26.7 Å². The lowest BCUT2D eigenvalue weighted by atomic mass is 10.1. The van der Waals surface area contributed by atoms with Gasteiger partial charge in [0, 0.05) is 17.6 Å². The fourth-order valence-electron chi connectivity index (χ4n) is 2.44. The van der Waals surface area contributed by atoms with E-state index in [9.17, 15) is 0 Å². The molecule has 6 heteroatoms. The van der Waals surface area contributed by atoms with E-state index in [1.54, 1.807) is 7.11 Å². The van der Waals surface area contributed by atoms with Gasteiger partial charge in [0.1, 0.15) is 23.7 Å². The minimum atomic E-state index is 0.699. The van der Waals surface area contributed by atoms with Crippen LogP contribution < -0.4 is 15.4 Å². The Morgan fingerprint density at radius 2 is 1.84 bits per heavy atom. The molecule has 2 N–H and O–H groups in total. The molecule has 0 aliphatic rings. The van der Waals surface area contributed by atoms with Gasteiger partial charge >= 0.3 is 0 Å². The van der Waals surface area contributed by atoms with Crippen LogP contribution in [0.4, 0.5) is 17.3 Å². The number of benzene rings is 2. The molecule has 0 saturated carbocycles. The van der Waals surface area contributed by atoms with Crippen LogP contribution in [-0.2, 0) is 6.42 Å². The van der Waals surface area contributed by atoms with E-state index in [0.29, 0.717) is 5.82 Å². The Bertz CT molecular complexity index is 841. The van der Waals surface area contributed by atoms with Gasteiger partial charge in [0.2, 0.25) is 0 Å². The molecule has 0 atom stereocenters. The maximum Gasteiger partial charge on any atom is 0.142 e. The van der Waals surface area contributed by atoms with Gasteiger partial charge in [-0.1, -0.05) is 35.9 Å². The van der Waals surface area contributed by atoms with Crippen LogP contribution in [-0.4, -0.2) is 23.6 Å². The van der Waals surface area contributed by atoms with Crippen molar-refractivity contribution in [3.63, 3.8) is 0 Å². The highest BCUT2D eigenvalue weighted by molar-refractivity contribution is 6.30. The number of aromatic nitrogens is 2. The largest absolute Gasteiger partial charge is 0.495 e. The minimum Gasteiger partial charge on any atom is -0.495 e. The molecule has 25 heavy (non-hydrogen) atoms. The number of halogens is 1. The third-order valence-corrected chi connectivity index (χ3v) is 3.88. The van der Waals surface area contributed by atoms with Crippen molar-refractivity contribution in [3.05, 3.63) is 71.5 Å². The van der Waals surface area contributed by atoms with Gasteiger partial charge in [-0.15, -0.1) is 0 Å². The Morgan fingerprint density at radius 1 is 1.00 bits per heavy atom. The van der Waals surface area contributed by atoms with Gasteiger partial charge in [0.15, 0.2) is 0 Å². The SMILES string of the molecule is COc1ccccc1Nc1cc(NCCc2cccc(Cl)c2)ncn1. The summed E-state index contributed by atoms with van der Waals surface area (Å²) in [5.74, 6) is 2.22. The molecule has 0 spiro atoms. The molecule has 5 nitrogen and oxygen atoms in total. The molecule has 0 aliphatic carbocycles. The highest BCUT2D eigenvalue weighted by atomic mass is 35.5. The summed E-state index contributed by atoms with van der Waals surface area (Å²) >= 11 is 6.00. The van der Waals surface area contributed by atoms with Crippen LogP contribution in [0.15, 0.2) is 60.9 Å². The third-order valence-electron chi connectivity index (χ3n) is 3.65. The standard InChI is InChI=1S/C19H19ClN4O/c1-25-17-8-3-2-7-16(17)24-19-12-18(22-13-23-19)21-10-9-14-5-4-6-15(20)11-14/h2-8,11-13H,9-10H2,1H3,(H2,21,22,23,24). The fourth-order valence-corrected chi connectivity index (χ4v) is 2.65. The van der Waals surface area contributed by atoms with Crippen LogP contribution in [0.5, 0.6) is 5.75 Å². The highest BCUT2D eigenvalue weighted by Gasteiger charge is 2.04. The molecule has 1 heterocycles. The molecule has 0 bridgehead atoms. The molecule has 0 amide bonds. The number of para-hydroxylation sites is 2. The topological polar surface area (TPSA) is 59.1 Å². The smallest absolute Gasteiger partial charge is 0.142 e. The number of hydrogen-bond acceptors (Lipinski definition) is 5. The predicted octanol–water partition coefficient (Wildman–Crippen LogP) is 4.54. The van der Waals surface area contributed by atoms with Crippen molar-refractivity contribution >= 4 is 28.9 Å². The molecule has 0 aliphatic heterocycles. The molecule has 1 aromatic heterocycles. The van der Waals surface area contributed by atoms with Crippen LogP contribution in [0.1, 0.15) is 5.56 Å².